The van der Waals surface area contributed by atoms with Gasteiger partial charge in [0.2, 0.25) is 0 Å². The molecule has 3 rings (SSSR count). The van der Waals surface area contributed by atoms with E-state index in [0.29, 0.717) is 12.1 Å². The SMILES string of the molecule is O=C1NCCc2ccc(C(O)c3cccc(Br)c3)cc21. The number of amides is 1. The third-order valence-corrected chi connectivity index (χ3v) is 4.03. The Morgan fingerprint density at radius 3 is 2.75 bits per heavy atom. The van der Waals surface area contributed by atoms with Crippen molar-refractivity contribution in [3.8, 4) is 0 Å². The maximum Gasteiger partial charge on any atom is 0.251 e. The Bertz CT molecular complexity index is 669. The molecule has 1 unspecified atom stereocenters. The minimum Gasteiger partial charge on any atom is -0.384 e. The van der Waals surface area contributed by atoms with Gasteiger partial charge >= 0.3 is 0 Å². The number of fused-ring (bicyclic) bond motifs is 1. The van der Waals surface area contributed by atoms with Crippen molar-refractivity contribution < 1.29 is 9.90 Å². The third-order valence-electron chi connectivity index (χ3n) is 3.54. The van der Waals surface area contributed by atoms with E-state index in [-0.39, 0.29) is 5.91 Å². The Kier molecular flexibility index (Phi) is 3.59. The number of halogens is 1. The third kappa shape index (κ3) is 2.49. The van der Waals surface area contributed by atoms with Gasteiger partial charge < -0.3 is 10.4 Å². The van der Waals surface area contributed by atoms with Gasteiger partial charge in [-0.05, 0) is 41.3 Å². The van der Waals surface area contributed by atoms with Crippen LogP contribution in [-0.4, -0.2) is 17.6 Å². The smallest absolute Gasteiger partial charge is 0.251 e. The molecule has 0 radical (unpaired) electrons. The first-order valence-corrected chi connectivity index (χ1v) is 7.29. The van der Waals surface area contributed by atoms with E-state index in [1.54, 1.807) is 6.07 Å². The molecule has 2 aromatic carbocycles. The molecule has 102 valence electrons. The normalized spacial score (nSPS) is 15.4. The summed E-state index contributed by atoms with van der Waals surface area (Å²) < 4.78 is 0.921. The number of hydrogen-bond donors (Lipinski definition) is 2. The van der Waals surface area contributed by atoms with Crippen LogP contribution in [-0.2, 0) is 6.42 Å². The first-order chi connectivity index (χ1) is 9.65. The van der Waals surface area contributed by atoms with Gasteiger partial charge in [-0.2, -0.15) is 0 Å². The minimum absolute atomic E-state index is 0.0606. The quantitative estimate of drug-likeness (QED) is 0.889. The fourth-order valence-corrected chi connectivity index (χ4v) is 2.89. The van der Waals surface area contributed by atoms with E-state index in [9.17, 15) is 9.90 Å². The largest absolute Gasteiger partial charge is 0.384 e. The molecule has 0 spiro atoms. The van der Waals surface area contributed by atoms with Crippen LogP contribution in [0.4, 0.5) is 0 Å². The van der Waals surface area contributed by atoms with Crippen molar-refractivity contribution in [1.29, 1.82) is 0 Å². The Morgan fingerprint density at radius 2 is 1.95 bits per heavy atom. The molecule has 0 saturated carbocycles. The van der Waals surface area contributed by atoms with Crippen LogP contribution < -0.4 is 5.32 Å². The lowest BCUT2D eigenvalue weighted by Gasteiger charge is -2.19. The van der Waals surface area contributed by atoms with E-state index in [2.05, 4.69) is 21.2 Å². The average Bonchev–Trinajstić information content (AvgIpc) is 2.47. The summed E-state index contributed by atoms with van der Waals surface area (Å²) in [5, 5.41) is 13.3. The highest BCUT2D eigenvalue weighted by Gasteiger charge is 2.19. The topological polar surface area (TPSA) is 49.3 Å². The van der Waals surface area contributed by atoms with Crippen molar-refractivity contribution in [1.82, 2.24) is 5.32 Å². The van der Waals surface area contributed by atoms with E-state index in [4.69, 9.17) is 0 Å². The predicted octanol–water partition coefficient (Wildman–Crippen LogP) is 2.82. The molecular formula is C16H14BrNO2. The summed E-state index contributed by atoms with van der Waals surface area (Å²) in [4.78, 5) is 11.9. The molecule has 1 atom stereocenters. The Balaban J connectivity index is 1.98. The molecule has 1 amide bonds. The van der Waals surface area contributed by atoms with E-state index in [0.717, 1.165) is 27.6 Å². The lowest BCUT2D eigenvalue weighted by molar-refractivity contribution is 0.0945. The lowest BCUT2D eigenvalue weighted by atomic mass is 9.94. The van der Waals surface area contributed by atoms with Gasteiger partial charge in [0.05, 0.1) is 0 Å². The van der Waals surface area contributed by atoms with Gasteiger partial charge in [0, 0.05) is 16.6 Å². The van der Waals surface area contributed by atoms with Gasteiger partial charge in [0.25, 0.3) is 5.91 Å². The number of aliphatic hydroxyl groups excluding tert-OH is 1. The number of carbonyl (C=O) groups is 1. The van der Waals surface area contributed by atoms with Gasteiger partial charge in [0.15, 0.2) is 0 Å². The molecule has 1 aliphatic rings. The fourth-order valence-electron chi connectivity index (χ4n) is 2.47. The molecule has 4 heteroatoms. The molecular weight excluding hydrogens is 318 g/mol. The first kappa shape index (κ1) is 13.3. The van der Waals surface area contributed by atoms with Gasteiger partial charge in [-0.1, -0.05) is 40.2 Å². The summed E-state index contributed by atoms with van der Waals surface area (Å²) in [5.41, 5.74) is 3.25. The summed E-state index contributed by atoms with van der Waals surface area (Å²) in [5.74, 6) is -0.0606. The highest BCUT2D eigenvalue weighted by atomic mass is 79.9. The summed E-state index contributed by atoms with van der Waals surface area (Å²) in [6.07, 6.45) is 0.112. The molecule has 1 aliphatic heterocycles. The molecule has 2 N–H and O–H groups in total. The van der Waals surface area contributed by atoms with Crippen molar-refractivity contribution >= 4 is 21.8 Å². The summed E-state index contributed by atoms with van der Waals surface area (Å²) in [6, 6.07) is 13.2. The van der Waals surface area contributed by atoms with E-state index in [1.165, 1.54) is 0 Å². The standard InChI is InChI=1S/C16H14BrNO2/c17-13-3-1-2-11(8-13)15(19)12-5-4-10-6-7-18-16(20)14(10)9-12/h1-5,8-9,15,19H,6-7H2,(H,18,20). The highest BCUT2D eigenvalue weighted by Crippen LogP contribution is 2.27. The van der Waals surface area contributed by atoms with Crippen LogP contribution in [0, 0.1) is 0 Å². The first-order valence-electron chi connectivity index (χ1n) is 6.50. The zero-order valence-corrected chi connectivity index (χ0v) is 12.4. The van der Waals surface area contributed by atoms with Gasteiger partial charge in [-0.3, -0.25) is 4.79 Å². The number of benzene rings is 2. The molecule has 0 saturated heterocycles. The van der Waals surface area contributed by atoms with Crippen LogP contribution in [0.15, 0.2) is 46.9 Å². The number of rotatable bonds is 2. The Hall–Kier alpha value is -1.65. The predicted molar refractivity (Wildman–Crippen MR) is 80.7 cm³/mol. The molecule has 0 aliphatic carbocycles. The summed E-state index contributed by atoms with van der Waals surface area (Å²) in [6.45, 7) is 0.680. The van der Waals surface area contributed by atoms with Gasteiger partial charge in [-0.15, -0.1) is 0 Å². The highest BCUT2D eigenvalue weighted by molar-refractivity contribution is 9.10. The molecule has 2 aromatic rings. The zero-order valence-electron chi connectivity index (χ0n) is 10.8. The van der Waals surface area contributed by atoms with Crippen LogP contribution in [0.3, 0.4) is 0 Å². The number of hydrogen-bond acceptors (Lipinski definition) is 2. The Labute approximate surface area is 125 Å². The van der Waals surface area contributed by atoms with E-state index in [1.807, 2.05) is 36.4 Å². The molecule has 20 heavy (non-hydrogen) atoms. The average molecular weight is 332 g/mol. The monoisotopic (exact) mass is 331 g/mol. The van der Waals surface area contributed by atoms with E-state index >= 15 is 0 Å². The van der Waals surface area contributed by atoms with Crippen LogP contribution in [0.5, 0.6) is 0 Å². The van der Waals surface area contributed by atoms with Crippen LogP contribution in [0.2, 0.25) is 0 Å². The van der Waals surface area contributed by atoms with E-state index < -0.39 is 6.10 Å². The fraction of sp³-hybridized carbons (Fsp3) is 0.188. The second-order valence-electron chi connectivity index (χ2n) is 4.88. The molecule has 0 fully saturated rings. The maximum absolute atomic E-state index is 11.9. The van der Waals surface area contributed by atoms with Crippen molar-refractivity contribution in [3.05, 3.63) is 69.2 Å². The number of aliphatic hydroxyl groups is 1. The lowest BCUT2D eigenvalue weighted by Crippen LogP contribution is -2.31. The zero-order chi connectivity index (χ0) is 14.1. The van der Waals surface area contributed by atoms with Crippen molar-refractivity contribution in [2.75, 3.05) is 6.54 Å². The van der Waals surface area contributed by atoms with Gasteiger partial charge in [0.1, 0.15) is 6.10 Å². The van der Waals surface area contributed by atoms with Crippen molar-refractivity contribution in [3.63, 3.8) is 0 Å². The molecule has 0 bridgehead atoms. The minimum atomic E-state index is -0.729. The summed E-state index contributed by atoms with van der Waals surface area (Å²) >= 11 is 3.40. The molecule has 3 nitrogen and oxygen atoms in total. The Morgan fingerprint density at radius 1 is 1.15 bits per heavy atom. The van der Waals surface area contributed by atoms with Crippen LogP contribution in [0.25, 0.3) is 0 Å². The van der Waals surface area contributed by atoms with Crippen LogP contribution >= 0.6 is 15.9 Å². The summed E-state index contributed by atoms with van der Waals surface area (Å²) in [7, 11) is 0. The second kappa shape index (κ2) is 5.38. The second-order valence-corrected chi connectivity index (χ2v) is 5.80. The molecule has 1 heterocycles. The molecule has 0 aromatic heterocycles. The number of nitrogens with one attached hydrogen (secondary N) is 1. The van der Waals surface area contributed by atoms with Crippen molar-refractivity contribution in [2.24, 2.45) is 0 Å². The number of carbonyl (C=O) groups excluding carboxylic acids is 1. The van der Waals surface area contributed by atoms with Crippen LogP contribution in [0.1, 0.15) is 33.2 Å². The van der Waals surface area contributed by atoms with Gasteiger partial charge in [-0.25, -0.2) is 0 Å². The maximum atomic E-state index is 11.9. The van der Waals surface area contributed by atoms with Crippen molar-refractivity contribution in [2.45, 2.75) is 12.5 Å².